The average molecular weight is 792 g/mol. The fourth-order valence-corrected chi connectivity index (χ4v) is 7.93. The number of carbonyl (C=O) groups is 4. The van der Waals surface area contributed by atoms with Crippen LogP contribution < -0.4 is 10.6 Å². The molecule has 0 spiro atoms. The van der Waals surface area contributed by atoms with E-state index in [4.69, 9.17) is 4.74 Å². The zero-order valence-corrected chi connectivity index (χ0v) is 33.6. The number of carbonyl (C=O) groups excluding carboxylic acids is 4. The Hall–Kier alpha value is -6.71. The number of amides is 4. The Morgan fingerprint density at radius 1 is 0.797 bits per heavy atom. The molecule has 2 aliphatic heterocycles. The maximum absolute atomic E-state index is 13.8. The van der Waals surface area contributed by atoms with Crippen molar-refractivity contribution >= 4 is 23.8 Å². The van der Waals surface area contributed by atoms with E-state index in [1.54, 1.807) is 23.2 Å². The second-order valence-corrected chi connectivity index (χ2v) is 15.1. The van der Waals surface area contributed by atoms with E-state index in [0.717, 1.165) is 53.6 Å². The molecule has 7 rings (SSSR count). The van der Waals surface area contributed by atoms with Crippen LogP contribution in [0.1, 0.15) is 82.2 Å². The Morgan fingerprint density at radius 2 is 1.41 bits per heavy atom. The lowest BCUT2D eigenvalue weighted by atomic mass is 10.0. The topological polar surface area (TPSA) is 140 Å². The molecule has 2 aliphatic rings. The molecular weight excluding hydrogens is 743 g/mol. The Balaban J connectivity index is 0.939. The molecule has 3 N–H and O–H groups in total. The van der Waals surface area contributed by atoms with Crippen molar-refractivity contribution in [2.24, 2.45) is 0 Å². The van der Waals surface area contributed by atoms with Gasteiger partial charge in [0.1, 0.15) is 17.9 Å². The second kappa shape index (κ2) is 18.7. The van der Waals surface area contributed by atoms with Gasteiger partial charge in [0, 0.05) is 42.4 Å². The first-order chi connectivity index (χ1) is 28.7. The van der Waals surface area contributed by atoms with Gasteiger partial charge in [0.05, 0.1) is 25.0 Å². The predicted octanol–water partition coefficient (Wildman–Crippen LogP) is 6.26. The summed E-state index contributed by atoms with van der Waals surface area (Å²) in [5.41, 5.74) is 5.50. The highest BCUT2D eigenvalue weighted by molar-refractivity contribution is 5.94. The van der Waals surface area contributed by atoms with Gasteiger partial charge in [-0.1, -0.05) is 84.6 Å². The fraction of sp³-hybridized carbons (Fsp3) is 0.298. The van der Waals surface area contributed by atoms with Crippen molar-refractivity contribution in [1.82, 2.24) is 35.3 Å². The third kappa shape index (κ3) is 9.54. The van der Waals surface area contributed by atoms with Crippen molar-refractivity contribution < 1.29 is 23.9 Å². The molecule has 5 aromatic rings. The summed E-state index contributed by atoms with van der Waals surface area (Å²) in [7, 11) is 5.11. The average Bonchev–Trinajstić information content (AvgIpc) is 4.07. The number of nitrogens with one attached hydrogen (secondary N) is 3. The Bertz CT molecular complexity index is 2300. The molecule has 4 amide bonds. The van der Waals surface area contributed by atoms with Gasteiger partial charge >= 0.3 is 6.09 Å². The van der Waals surface area contributed by atoms with E-state index in [1.165, 1.54) is 7.11 Å². The van der Waals surface area contributed by atoms with Gasteiger partial charge in [-0.15, -0.1) is 0 Å². The molecule has 4 unspecified atom stereocenters. The number of ether oxygens (including phenoxy) is 1. The minimum atomic E-state index is -0.885. The summed E-state index contributed by atoms with van der Waals surface area (Å²) in [6.45, 7) is 1.61. The molecule has 12 heteroatoms. The third-order valence-electron chi connectivity index (χ3n) is 11.0. The van der Waals surface area contributed by atoms with Crippen LogP contribution in [-0.4, -0.2) is 95.4 Å². The third-order valence-corrected chi connectivity index (χ3v) is 11.0. The Morgan fingerprint density at radius 3 is 2.05 bits per heavy atom. The van der Waals surface area contributed by atoms with Gasteiger partial charge in [0.2, 0.25) is 5.91 Å². The van der Waals surface area contributed by atoms with Crippen molar-refractivity contribution in [3.05, 3.63) is 149 Å². The molecule has 0 bridgehead atoms. The standard InChI is InChI=1S/C47H49N7O5/c1-52(2)42(36-14-8-5-9-15-36)46(57)53-28-10-16-38(53)30-49-44(55)37-26-22-33(23-27-37)19-18-32-20-24-34(25-21-32)39-31-48-43(50-39)40-17-11-29-54(40)45(56)41(51-47(58)59-3)35-12-6-4-7-13-35/h4-9,12-15,20-27,31,38,40-42H,10-11,16-17,28-30H2,1-3H3,(H,48,50)(H,49,55)(H,51,58). The van der Waals surface area contributed by atoms with E-state index in [-0.39, 0.29) is 35.8 Å². The molecule has 12 nitrogen and oxygen atoms in total. The van der Waals surface area contributed by atoms with Gasteiger partial charge in [-0.3, -0.25) is 19.3 Å². The minimum Gasteiger partial charge on any atom is -0.453 e. The molecule has 2 fully saturated rings. The van der Waals surface area contributed by atoms with Crippen LogP contribution in [0, 0.1) is 11.8 Å². The summed E-state index contributed by atoms with van der Waals surface area (Å²) >= 11 is 0. The first-order valence-corrected chi connectivity index (χ1v) is 20.0. The maximum Gasteiger partial charge on any atom is 0.407 e. The van der Waals surface area contributed by atoms with E-state index in [9.17, 15) is 19.2 Å². The zero-order chi connectivity index (χ0) is 41.3. The van der Waals surface area contributed by atoms with E-state index in [2.05, 4.69) is 32.4 Å². The number of hydrogen-bond donors (Lipinski definition) is 3. The summed E-state index contributed by atoms with van der Waals surface area (Å²) in [5.74, 6) is 6.72. The van der Waals surface area contributed by atoms with Crippen LogP contribution in [0.2, 0.25) is 0 Å². The number of likely N-dealkylation sites (tertiary alicyclic amines) is 2. The highest BCUT2D eigenvalue weighted by atomic mass is 16.5. The van der Waals surface area contributed by atoms with E-state index in [1.807, 2.05) is 121 Å². The van der Waals surface area contributed by atoms with Gasteiger partial charge in [-0.2, -0.15) is 0 Å². The van der Waals surface area contributed by atoms with Gasteiger partial charge in [-0.25, -0.2) is 9.78 Å². The molecule has 1 aromatic heterocycles. The number of nitrogens with zero attached hydrogens (tertiary/aromatic N) is 4. The van der Waals surface area contributed by atoms with Crippen LogP contribution in [0.5, 0.6) is 0 Å². The smallest absolute Gasteiger partial charge is 0.407 e. The van der Waals surface area contributed by atoms with Crippen LogP contribution in [0.3, 0.4) is 0 Å². The van der Waals surface area contributed by atoms with Gasteiger partial charge in [-0.05, 0) is 92.9 Å². The van der Waals surface area contributed by atoms with Gasteiger partial charge in [0.15, 0.2) is 0 Å². The second-order valence-electron chi connectivity index (χ2n) is 15.1. The van der Waals surface area contributed by atoms with Crippen LogP contribution in [0.25, 0.3) is 11.3 Å². The van der Waals surface area contributed by atoms with Crippen molar-refractivity contribution in [3.63, 3.8) is 0 Å². The number of rotatable bonds is 11. The predicted molar refractivity (Wildman–Crippen MR) is 225 cm³/mol. The number of aromatic nitrogens is 2. The van der Waals surface area contributed by atoms with Crippen LogP contribution in [0.4, 0.5) is 4.79 Å². The molecule has 0 radical (unpaired) electrons. The van der Waals surface area contributed by atoms with E-state index in [0.29, 0.717) is 36.6 Å². The Labute approximate surface area is 345 Å². The van der Waals surface area contributed by atoms with E-state index < -0.39 is 12.1 Å². The van der Waals surface area contributed by atoms with Gasteiger partial charge in [0.25, 0.3) is 11.8 Å². The van der Waals surface area contributed by atoms with Crippen molar-refractivity contribution in [2.45, 2.75) is 49.9 Å². The molecule has 2 saturated heterocycles. The van der Waals surface area contributed by atoms with Crippen LogP contribution in [-0.2, 0) is 14.3 Å². The minimum absolute atomic E-state index is 0.0534. The van der Waals surface area contributed by atoms with Crippen molar-refractivity contribution in [3.8, 4) is 23.1 Å². The van der Waals surface area contributed by atoms with E-state index >= 15 is 0 Å². The lowest BCUT2D eigenvalue weighted by Crippen LogP contribution is -2.47. The molecule has 4 aromatic carbocycles. The summed E-state index contributed by atoms with van der Waals surface area (Å²) in [5, 5.41) is 5.75. The number of methoxy groups -OCH3 is 1. The summed E-state index contributed by atoms with van der Waals surface area (Å²) in [4.78, 5) is 66.6. The van der Waals surface area contributed by atoms with Crippen molar-refractivity contribution in [1.29, 1.82) is 0 Å². The summed E-state index contributed by atoms with van der Waals surface area (Å²) in [6.07, 6.45) is 4.39. The number of hydrogen-bond acceptors (Lipinski definition) is 7. The normalized spacial score (nSPS) is 17.2. The highest BCUT2D eigenvalue weighted by Gasteiger charge is 2.37. The molecule has 4 atom stereocenters. The summed E-state index contributed by atoms with van der Waals surface area (Å²) < 4.78 is 4.81. The van der Waals surface area contributed by atoms with Crippen LogP contribution in [0.15, 0.2) is 115 Å². The number of imidazole rings is 1. The molecule has 0 saturated carbocycles. The SMILES string of the molecule is COC(=O)NC(C(=O)N1CCCC1c1ncc(-c2ccc(C#Cc3ccc(C(=O)NCC4CCCN4C(=O)C(c4ccccc4)N(C)C)cc3)cc2)[nH]1)c1ccccc1. The highest BCUT2D eigenvalue weighted by Crippen LogP contribution is 2.34. The number of likely N-dealkylation sites (N-methyl/N-ethyl adjacent to an activating group) is 1. The Kier molecular flexibility index (Phi) is 12.8. The van der Waals surface area contributed by atoms with Crippen molar-refractivity contribution in [2.75, 3.05) is 40.8 Å². The molecular formula is C47H49N7O5. The first-order valence-electron chi connectivity index (χ1n) is 20.0. The molecule has 302 valence electrons. The quantitative estimate of drug-likeness (QED) is 0.134. The van der Waals surface area contributed by atoms with Gasteiger partial charge < -0.3 is 30.2 Å². The maximum atomic E-state index is 13.8. The molecule has 3 heterocycles. The lowest BCUT2D eigenvalue weighted by molar-refractivity contribution is -0.137. The zero-order valence-electron chi connectivity index (χ0n) is 33.6. The lowest BCUT2D eigenvalue weighted by Gasteiger charge is -2.32. The number of benzene rings is 4. The monoisotopic (exact) mass is 791 g/mol. The van der Waals surface area contributed by atoms with Crippen LogP contribution >= 0.6 is 0 Å². The first kappa shape index (κ1) is 40.5. The molecule has 0 aliphatic carbocycles. The largest absolute Gasteiger partial charge is 0.453 e. The number of alkyl carbamates (subject to hydrolysis) is 1. The summed E-state index contributed by atoms with van der Waals surface area (Å²) in [6, 6.07) is 32.4. The number of aromatic amines is 1. The fourth-order valence-electron chi connectivity index (χ4n) is 7.93. The molecule has 59 heavy (non-hydrogen) atoms. The number of H-pyrrole nitrogens is 1.